The van der Waals surface area contributed by atoms with Crippen molar-refractivity contribution in [3.63, 3.8) is 0 Å². The van der Waals surface area contributed by atoms with Crippen LogP contribution in [-0.4, -0.2) is 141 Å². The van der Waals surface area contributed by atoms with Crippen LogP contribution in [0.15, 0.2) is 78.9 Å². The van der Waals surface area contributed by atoms with Crippen LogP contribution in [0.5, 0.6) is 69.0 Å². The number of benzene rings is 5. The van der Waals surface area contributed by atoms with Crippen molar-refractivity contribution in [1.29, 1.82) is 0 Å². The van der Waals surface area contributed by atoms with Crippen molar-refractivity contribution in [2.45, 2.75) is 0 Å². The first-order valence-electron chi connectivity index (χ1n) is 18.6. The summed E-state index contributed by atoms with van der Waals surface area (Å²) in [7, 11) is 9.97. The number of methoxy groups -OCH3 is 6. The van der Waals surface area contributed by atoms with E-state index >= 15 is 0 Å². The van der Waals surface area contributed by atoms with Gasteiger partial charge in [0.1, 0.15) is 11.5 Å². The van der Waals surface area contributed by atoms with E-state index in [4.69, 9.17) is 85.1 Å². The molecule has 5 amide bonds. The molecule has 5 rings (SSSR count). The number of aromatic hydroxyl groups is 6. The van der Waals surface area contributed by atoms with Gasteiger partial charge in [0.2, 0.25) is 11.5 Å². The zero-order chi connectivity index (χ0) is 52.5. The number of nitrogens with zero attached hydrogens (tertiary/aromatic N) is 1. The molecule has 15 N–H and O–H groups in total. The van der Waals surface area contributed by atoms with E-state index in [0.717, 1.165) is 18.2 Å². The molecule has 0 unspecified atom stereocenters. The Hall–Kier alpha value is -9.15. The number of rotatable bonds is 11. The van der Waals surface area contributed by atoms with Gasteiger partial charge in [-0.1, -0.05) is 6.07 Å². The summed E-state index contributed by atoms with van der Waals surface area (Å²) >= 11 is 0. The Morgan fingerprint density at radius 1 is 0.435 bits per heavy atom. The summed E-state index contributed by atoms with van der Waals surface area (Å²) in [6.07, 6.45) is 0. The first-order valence-corrected chi connectivity index (χ1v) is 18.6. The lowest BCUT2D eigenvalue weighted by Gasteiger charge is -2.15. The standard InChI is InChI=1S/C11H15NO5.C10H13NO5.3C7H7NO4/c1-12(14)11(13)7-5-8(15-2)10(17-4)9(6-7)16-3;1-14-7-4-6(10(12)11-13)5-8(15-2)9(7)16-3;9-4-1-2-5(6(10)3-4)7(11)8-12;9-5-2-1-4(3-6(5)10)7(11)8-12;9-5-3-1-2-4(6(5)10)7(11)8-12/h5-6,14H,1-4H3;4-5,13H,1-3H3,(H,11,12);3*1-3,9-10,12H,(H,8,11). The molecule has 27 nitrogen and oxygen atoms in total. The van der Waals surface area contributed by atoms with E-state index in [-0.39, 0.29) is 45.1 Å². The third-order valence-electron chi connectivity index (χ3n) is 8.26. The van der Waals surface area contributed by atoms with Gasteiger partial charge in [-0.3, -0.25) is 50.0 Å². The number of phenolic OH excluding ortho intramolecular Hbond substituents is 6. The maximum atomic E-state index is 11.6. The zero-order valence-electron chi connectivity index (χ0n) is 37.4. The molecule has 27 heteroatoms. The van der Waals surface area contributed by atoms with E-state index in [2.05, 4.69) is 0 Å². The van der Waals surface area contributed by atoms with Gasteiger partial charge in [-0.25, -0.2) is 27.0 Å². The molecule has 0 aliphatic carbocycles. The topological polar surface area (TPSA) is 415 Å². The van der Waals surface area contributed by atoms with Crippen LogP contribution in [-0.2, 0) is 0 Å². The fourth-order valence-corrected chi connectivity index (χ4v) is 4.94. The van der Waals surface area contributed by atoms with Gasteiger partial charge in [-0.05, 0) is 66.7 Å². The average molecular weight is 976 g/mol. The van der Waals surface area contributed by atoms with Crippen molar-refractivity contribution in [2.75, 3.05) is 49.7 Å². The molecule has 0 fully saturated rings. The van der Waals surface area contributed by atoms with Gasteiger partial charge in [0.25, 0.3) is 29.5 Å². The summed E-state index contributed by atoms with van der Waals surface area (Å²) in [5.74, 6) is -3.68. The maximum Gasteiger partial charge on any atom is 0.278 e. The van der Waals surface area contributed by atoms with Crippen LogP contribution in [0.2, 0.25) is 0 Å². The molecule has 0 radical (unpaired) electrons. The number of carbonyl (C=O) groups excluding carboxylic acids is 5. The summed E-state index contributed by atoms with van der Waals surface area (Å²) in [4.78, 5) is 55.1. The lowest BCUT2D eigenvalue weighted by atomic mass is 10.1. The summed E-state index contributed by atoms with van der Waals surface area (Å²) in [5, 5.41) is 96.4. The van der Waals surface area contributed by atoms with Crippen LogP contribution in [0.3, 0.4) is 0 Å². The van der Waals surface area contributed by atoms with Crippen molar-refractivity contribution in [3.8, 4) is 69.0 Å². The first kappa shape index (κ1) is 57.9. The predicted octanol–water partition coefficient (Wildman–Crippen LogP) is 2.66. The monoisotopic (exact) mass is 975 g/mol. The molecule has 0 aliphatic heterocycles. The van der Waals surface area contributed by atoms with Crippen LogP contribution in [0, 0.1) is 0 Å². The molecule has 0 saturated heterocycles. The number of nitrogens with one attached hydrogen (secondary N) is 4. The molecular weight excluding hydrogens is 926 g/mol. The Bertz CT molecular complexity index is 2490. The quantitative estimate of drug-likeness (QED) is 0.0514. The lowest BCUT2D eigenvalue weighted by Crippen LogP contribution is -2.22. The second-order valence-corrected chi connectivity index (χ2v) is 12.5. The minimum Gasteiger partial charge on any atom is -0.508 e. The van der Waals surface area contributed by atoms with Crippen molar-refractivity contribution in [1.82, 2.24) is 27.0 Å². The number of ether oxygens (including phenoxy) is 6. The number of para-hydroxylation sites is 1. The Morgan fingerprint density at radius 3 is 1.26 bits per heavy atom. The minimum atomic E-state index is -0.872. The number of phenols is 6. The van der Waals surface area contributed by atoms with Crippen molar-refractivity contribution < 1.29 is 109 Å². The van der Waals surface area contributed by atoms with E-state index in [9.17, 15) is 24.0 Å². The molecule has 0 saturated carbocycles. The van der Waals surface area contributed by atoms with Crippen molar-refractivity contribution >= 4 is 29.5 Å². The van der Waals surface area contributed by atoms with E-state index in [1.54, 1.807) is 0 Å². The SMILES string of the molecule is COc1cc(C(=O)N(C)O)cc(OC)c1OC.COc1cc(C(=O)NO)cc(OC)c1OC.O=C(NO)c1ccc(O)c(O)c1.O=C(NO)c1ccc(O)cc1O.O=C(NO)c1cccc(O)c1O. The zero-order valence-corrected chi connectivity index (χ0v) is 37.4. The molecular formula is C42H49N5O22. The van der Waals surface area contributed by atoms with E-state index in [1.165, 1.54) is 132 Å². The average Bonchev–Trinajstić information content (AvgIpc) is 3.36. The Kier molecular flexibility index (Phi) is 24.1. The largest absolute Gasteiger partial charge is 0.508 e. The molecule has 0 atom stereocenters. The predicted molar refractivity (Wildman–Crippen MR) is 232 cm³/mol. The normalized spacial score (nSPS) is 9.51. The van der Waals surface area contributed by atoms with Gasteiger partial charge in [-0.2, -0.15) is 0 Å². The molecule has 0 heterocycles. The second-order valence-electron chi connectivity index (χ2n) is 12.5. The number of amides is 5. The minimum absolute atomic E-state index is 0.0628. The Balaban J connectivity index is 0.000000435. The molecule has 0 aliphatic rings. The molecule has 0 spiro atoms. The molecule has 374 valence electrons. The van der Waals surface area contributed by atoms with Crippen LogP contribution in [0.1, 0.15) is 51.8 Å². The highest BCUT2D eigenvalue weighted by Crippen LogP contribution is 2.39. The van der Waals surface area contributed by atoms with E-state index in [0.29, 0.717) is 39.6 Å². The molecule has 5 aromatic carbocycles. The van der Waals surface area contributed by atoms with Gasteiger partial charge < -0.3 is 59.1 Å². The van der Waals surface area contributed by atoms with Gasteiger partial charge >= 0.3 is 0 Å². The summed E-state index contributed by atoms with van der Waals surface area (Å²) in [5.41, 5.74) is 5.85. The van der Waals surface area contributed by atoms with Crippen molar-refractivity contribution in [2.24, 2.45) is 0 Å². The number of carbonyl (C=O) groups is 5. The van der Waals surface area contributed by atoms with E-state index < -0.39 is 46.8 Å². The lowest BCUT2D eigenvalue weighted by molar-refractivity contribution is -0.0375. The van der Waals surface area contributed by atoms with Gasteiger partial charge in [0, 0.05) is 29.8 Å². The molecule has 69 heavy (non-hydrogen) atoms. The van der Waals surface area contributed by atoms with Crippen LogP contribution in [0.4, 0.5) is 0 Å². The second kappa shape index (κ2) is 28.7. The molecule has 0 aromatic heterocycles. The number of hydroxylamine groups is 6. The van der Waals surface area contributed by atoms with Crippen LogP contribution >= 0.6 is 0 Å². The summed E-state index contributed by atoms with van der Waals surface area (Å²) in [6, 6.07) is 16.6. The highest BCUT2D eigenvalue weighted by atomic mass is 16.5. The van der Waals surface area contributed by atoms with Crippen LogP contribution < -0.4 is 50.3 Å². The van der Waals surface area contributed by atoms with Gasteiger partial charge in [-0.15, -0.1) is 0 Å². The third-order valence-corrected chi connectivity index (χ3v) is 8.26. The van der Waals surface area contributed by atoms with Gasteiger partial charge in [0.15, 0.2) is 46.0 Å². The maximum absolute atomic E-state index is 11.6. The fraction of sp³-hybridized carbons (Fsp3) is 0.167. The Labute approximate surface area is 390 Å². The van der Waals surface area contributed by atoms with E-state index in [1.807, 2.05) is 0 Å². The smallest absolute Gasteiger partial charge is 0.278 e. The first-order chi connectivity index (χ1) is 32.7. The van der Waals surface area contributed by atoms with Crippen LogP contribution in [0.25, 0.3) is 0 Å². The third kappa shape index (κ3) is 16.7. The molecule has 0 bridgehead atoms. The number of hydrogen-bond acceptors (Lipinski definition) is 22. The highest BCUT2D eigenvalue weighted by molar-refractivity contribution is 5.98. The summed E-state index contributed by atoms with van der Waals surface area (Å²) < 4.78 is 30.5. The molecule has 5 aromatic rings. The highest BCUT2D eigenvalue weighted by Gasteiger charge is 2.19. The Morgan fingerprint density at radius 2 is 0.870 bits per heavy atom. The number of hydrogen-bond donors (Lipinski definition) is 15. The summed E-state index contributed by atoms with van der Waals surface area (Å²) in [6.45, 7) is 0. The van der Waals surface area contributed by atoms with Crippen molar-refractivity contribution in [3.05, 3.63) is 107 Å². The van der Waals surface area contributed by atoms with Gasteiger partial charge in [0.05, 0.1) is 53.8 Å². The fourth-order valence-electron chi connectivity index (χ4n) is 4.94.